The molecule has 1 atom stereocenters. The van der Waals surface area contributed by atoms with Crippen molar-refractivity contribution in [2.75, 3.05) is 7.11 Å². The Kier molecular flexibility index (Phi) is 3.24. The van der Waals surface area contributed by atoms with E-state index in [0.29, 0.717) is 18.1 Å². The van der Waals surface area contributed by atoms with Crippen molar-refractivity contribution in [3.05, 3.63) is 42.0 Å². The highest BCUT2D eigenvalue weighted by molar-refractivity contribution is 5.89. The summed E-state index contributed by atoms with van der Waals surface area (Å²) in [5.74, 6) is 1.62. The van der Waals surface area contributed by atoms with Gasteiger partial charge >= 0.3 is 0 Å². The predicted octanol–water partition coefficient (Wildman–Crippen LogP) is 4.08. The molecule has 3 rings (SSSR count). The first-order chi connectivity index (χ1) is 9.28. The monoisotopic (exact) mass is 254 g/mol. The number of ether oxygens (including phenoxy) is 1. The van der Waals surface area contributed by atoms with Gasteiger partial charge in [-0.05, 0) is 47.2 Å². The van der Waals surface area contributed by atoms with E-state index in [9.17, 15) is 4.79 Å². The third-order valence-electron chi connectivity index (χ3n) is 4.03. The van der Waals surface area contributed by atoms with Gasteiger partial charge in [0.15, 0.2) is 0 Å². The van der Waals surface area contributed by atoms with Crippen LogP contribution >= 0.6 is 0 Å². The van der Waals surface area contributed by atoms with Crippen molar-refractivity contribution in [2.24, 2.45) is 0 Å². The highest BCUT2D eigenvalue weighted by Gasteiger charge is 2.23. The second-order valence-electron chi connectivity index (χ2n) is 5.27. The summed E-state index contributed by atoms with van der Waals surface area (Å²) in [6, 6.07) is 12.5. The van der Waals surface area contributed by atoms with Gasteiger partial charge < -0.3 is 4.74 Å². The quantitative estimate of drug-likeness (QED) is 0.807. The molecule has 0 N–H and O–H groups in total. The van der Waals surface area contributed by atoms with Gasteiger partial charge in [0.1, 0.15) is 11.5 Å². The summed E-state index contributed by atoms with van der Waals surface area (Å²) in [5, 5.41) is 2.44. The molecule has 0 spiro atoms. The van der Waals surface area contributed by atoms with Crippen LogP contribution in [0.25, 0.3) is 10.8 Å². The normalized spacial score (nSPS) is 19.6. The maximum atomic E-state index is 11.7. The van der Waals surface area contributed by atoms with Crippen molar-refractivity contribution in [3.63, 3.8) is 0 Å². The minimum atomic E-state index is 0.348. The van der Waals surface area contributed by atoms with Gasteiger partial charge in [-0.1, -0.05) is 24.3 Å². The summed E-state index contributed by atoms with van der Waals surface area (Å²) in [5.41, 5.74) is 1.27. The standard InChI is InChI=1S/C17H18O2/c1-19-15-10-13-5-2-3-8-16(13)17(11-15)12-6-4-7-14(18)9-12/h2-3,5,8,10-12H,4,6-7,9H2,1H3. The smallest absolute Gasteiger partial charge is 0.133 e. The number of methoxy groups -OCH3 is 1. The lowest BCUT2D eigenvalue weighted by molar-refractivity contribution is -0.120. The van der Waals surface area contributed by atoms with Crippen molar-refractivity contribution in [2.45, 2.75) is 31.6 Å². The molecule has 0 aromatic heterocycles. The Bertz CT molecular complexity index is 616. The molecule has 0 bridgehead atoms. The average molecular weight is 254 g/mol. The molecule has 0 heterocycles. The maximum Gasteiger partial charge on any atom is 0.133 e. The highest BCUT2D eigenvalue weighted by Crippen LogP contribution is 2.37. The summed E-state index contributed by atoms with van der Waals surface area (Å²) in [7, 11) is 1.69. The van der Waals surface area contributed by atoms with E-state index in [-0.39, 0.29) is 0 Å². The summed E-state index contributed by atoms with van der Waals surface area (Å²) >= 11 is 0. The third-order valence-corrected chi connectivity index (χ3v) is 4.03. The van der Waals surface area contributed by atoms with Crippen molar-refractivity contribution >= 4 is 16.6 Å². The molecule has 1 unspecified atom stereocenters. The fourth-order valence-corrected chi connectivity index (χ4v) is 3.06. The van der Waals surface area contributed by atoms with Gasteiger partial charge in [0.25, 0.3) is 0 Å². The number of carbonyl (C=O) groups is 1. The molecule has 1 fully saturated rings. The van der Waals surface area contributed by atoms with Crippen molar-refractivity contribution in [1.29, 1.82) is 0 Å². The van der Waals surface area contributed by atoms with Crippen LogP contribution in [0.3, 0.4) is 0 Å². The molecule has 2 nitrogen and oxygen atoms in total. The first-order valence-electron chi connectivity index (χ1n) is 6.86. The number of Topliss-reactive ketones (excluding diaryl/α,β-unsaturated/α-hetero) is 1. The molecule has 0 saturated heterocycles. The summed E-state index contributed by atoms with van der Waals surface area (Å²) in [4.78, 5) is 11.7. The molecular formula is C17H18O2. The van der Waals surface area contributed by atoms with E-state index in [1.165, 1.54) is 16.3 Å². The van der Waals surface area contributed by atoms with Gasteiger partial charge in [0.05, 0.1) is 7.11 Å². The zero-order valence-corrected chi connectivity index (χ0v) is 11.2. The Morgan fingerprint density at radius 1 is 1.21 bits per heavy atom. The Labute approximate surface area is 113 Å². The Morgan fingerprint density at radius 3 is 2.84 bits per heavy atom. The molecule has 98 valence electrons. The molecule has 0 amide bonds. The number of fused-ring (bicyclic) bond motifs is 1. The number of rotatable bonds is 2. The topological polar surface area (TPSA) is 26.3 Å². The zero-order chi connectivity index (χ0) is 13.2. The molecule has 0 aliphatic heterocycles. The molecule has 1 aliphatic rings. The van der Waals surface area contributed by atoms with Crippen LogP contribution in [0.4, 0.5) is 0 Å². The fourth-order valence-electron chi connectivity index (χ4n) is 3.06. The van der Waals surface area contributed by atoms with Crippen LogP contribution in [-0.2, 0) is 4.79 Å². The number of carbonyl (C=O) groups excluding carboxylic acids is 1. The molecule has 2 heteroatoms. The molecule has 2 aromatic carbocycles. The number of ketones is 1. The Hall–Kier alpha value is -1.83. The minimum Gasteiger partial charge on any atom is -0.497 e. The van der Waals surface area contributed by atoms with Gasteiger partial charge in [-0.3, -0.25) is 4.79 Å². The lowest BCUT2D eigenvalue weighted by atomic mass is 9.81. The van der Waals surface area contributed by atoms with Gasteiger partial charge in [-0.25, -0.2) is 0 Å². The van der Waals surface area contributed by atoms with Crippen LogP contribution in [0.5, 0.6) is 5.75 Å². The molecule has 2 aromatic rings. The van der Waals surface area contributed by atoms with Crippen LogP contribution < -0.4 is 4.74 Å². The highest BCUT2D eigenvalue weighted by atomic mass is 16.5. The van der Waals surface area contributed by atoms with Crippen LogP contribution in [0.2, 0.25) is 0 Å². The largest absolute Gasteiger partial charge is 0.497 e. The van der Waals surface area contributed by atoms with Crippen LogP contribution in [0.15, 0.2) is 36.4 Å². The van der Waals surface area contributed by atoms with E-state index in [1.54, 1.807) is 7.11 Å². The van der Waals surface area contributed by atoms with Crippen molar-refractivity contribution in [1.82, 2.24) is 0 Å². The molecule has 1 saturated carbocycles. The zero-order valence-electron chi connectivity index (χ0n) is 11.2. The Balaban J connectivity index is 2.12. The fraction of sp³-hybridized carbons (Fsp3) is 0.353. The maximum absolute atomic E-state index is 11.7. The first-order valence-corrected chi connectivity index (χ1v) is 6.86. The van der Waals surface area contributed by atoms with Gasteiger partial charge in [0.2, 0.25) is 0 Å². The van der Waals surface area contributed by atoms with E-state index in [4.69, 9.17) is 4.74 Å². The lowest BCUT2D eigenvalue weighted by Gasteiger charge is -2.23. The van der Waals surface area contributed by atoms with E-state index in [2.05, 4.69) is 30.3 Å². The van der Waals surface area contributed by atoms with Crippen LogP contribution in [0.1, 0.15) is 37.2 Å². The summed E-state index contributed by atoms with van der Waals surface area (Å²) in [6.45, 7) is 0. The second kappa shape index (κ2) is 5.04. The van der Waals surface area contributed by atoms with E-state index >= 15 is 0 Å². The Morgan fingerprint density at radius 2 is 2.05 bits per heavy atom. The van der Waals surface area contributed by atoms with E-state index < -0.39 is 0 Å². The summed E-state index contributed by atoms with van der Waals surface area (Å²) < 4.78 is 5.40. The van der Waals surface area contributed by atoms with Crippen LogP contribution in [-0.4, -0.2) is 12.9 Å². The van der Waals surface area contributed by atoms with Crippen molar-refractivity contribution < 1.29 is 9.53 Å². The number of hydrogen-bond donors (Lipinski definition) is 0. The predicted molar refractivity (Wildman–Crippen MR) is 76.7 cm³/mol. The van der Waals surface area contributed by atoms with Crippen molar-refractivity contribution in [3.8, 4) is 5.75 Å². The van der Waals surface area contributed by atoms with E-state index in [0.717, 1.165) is 25.0 Å². The first kappa shape index (κ1) is 12.2. The lowest BCUT2D eigenvalue weighted by Crippen LogP contribution is -2.13. The minimum absolute atomic E-state index is 0.348. The molecule has 1 aliphatic carbocycles. The van der Waals surface area contributed by atoms with Crippen LogP contribution in [0, 0.1) is 0 Å². The summed E-state index contributed by atoms with van der Waals surface area (Å²) in [6.07, 6.45) is 3.54. The van der Waals surface area contributed by atoms with Gasteiger partial charge in [-0.15, -0.1) is 0 Å². The van der Waals surface area contributed by atoms with E-state index in [1.807, 2.05) is 6.07 Å². The molecule has 19 heavy (non-hydrogen) atoms. The SMILES string of the molecule is COc1cc(C2CCCC(=O)C2)c2ccccc2c1. The number of benzene rings is 2. The average Bonchev–Trinajstić information content (AvgIpc) is 2.46. The molecular weight excluding hydrogens is 236 g/mol. The third kappa shape index (κ3) is 2.35. The van der Waals surface area contributed by atoms with Gasteiger partial charge in [0, 0.05) is 12.8 Å². The number of hydrogen-bond acceptors (Lipinski definition) is 2. The molecule has 0 radical (unpaired) electrons. The van der Waals surface area contributed by atoms with Gasteiger partial charge in [-0.2, -0.15) is 0 Å². The second-order valence-corrected chi connectivity index (χ2v) is 5.27.